The predicted octanol–water partition coefficient (Wildman–Crippen LogP) is 4.53. The minimum absolute atomic E-state index is 0.654. The summed E-state index contributed by atoms with van der Waals surface area (Å²) >= 11 is 1.47. The van der Waals surface area contributed by atoms with E-state index < -0.39 is 0 Å². The average Bonchev–Trinajstić information content (AvgIpc) is 3.42. The average molecular weight is 365 g/mol. The van der Waals surface area contributed by atoms with Crippen molar-refractivity contribution in [2.75, 3.05) is 7.11 Å². The molecular formula is C19H15N3O3S. The Kier molecular flexibility index (Phi) is 4.53. The Morgan fingerprint density at radius 3 is 2.73 bits per heavy atom. The lowest BCUT2D eigenvalue weighted by atomic mass is 10.3. The maximum Gasteiger partial charge on any atom is 0.211 e. The van der Waals surface area contributed by atoms with E-state index in [-0.39, 0.29) is 0 Å². The molecule has 0 saturated carbocycles. The molecule has 7 heteroatoms. The number of hydrogen-bond acceptors (Lipinski definition) is 6. The minimum Gasteiger partial charge on any atom is -0.497 e. The molecular weight excluding hydrogens is 350 g/mol. The van der Waals surface area contributed by atoms with Crippen molar-refractivity contribution < 1.29 is 13.6 Å². The Labute approximate surface area is 153 Å². The third kappa shape index (κ3) is 3.38. The van der Waals surface area contributed by atoms with Gasteiger partial charge in [-0.25, -0.2) is 9.67 Å². The van der Waals surface area contributed by atoms with Gasteiger partial charge < -0.3 is 13.6 Å². The maximum atomic E-state index is 5.52. The molecule has 0 saturated heterocycles. The number of aromatic nitrogens is 1. The number of nitrogens with zero attached hydrogens (tertiary/aromatic N) is 3. The highest BCUT2D eigenvalue weighted by atomic mass is 32.1. The van der Waals surface area contributed by atoms with Crippen LogP contribution in [-0.4, -0.2) is 18.0 Å². The van der Waals surface area contributed by atoms with Crippen LogP contribution in [0.3, 0.4) is 0 Å². The van der Waals surface area contributed by atoms with E-state index in [1.54, 1.807) is 30.5 Å². The lowest BCUT2D eigenvalue weighted by Gasteiger charge is -2.01. The van der Waals surface area contributed by atoms with E-state index in [2.05, 4.69) is 5.10 Å². The van der Waals surface area contributed by atoms with Crippen LogP contribution in [-0.2, 0) is 0 Å². The molecule has 3 heterocycles. The van der Waals surface area contributed by atoms with Gasteiger partial charge in [-0.1, -0.05) is 6.07 Å². The van der Waals surface area contributed by atoms with Gasteiger partial charge in [0.2, 0.25) is 4.80 Å². The Balaban J connectivity index is 1.82. The van der Waals surface area contributed by atoms with Crippen LogP contribution in [0.15, 0.2) is 85.4 Å². The molecule has 6 nitrogen and oxygen atoms in total. The number of hydrogen-bond donors (Lipinski definition) is 0. The minimum atomic E-state index is 0.654. The molecule has 26 heavy (non-hydrogen) atoms. The van der Waals surface area contributed by atoms with E-state index in [1.165, 1.54) is 11.3 Å². The normalized spacial score (nSPS) is 12.1. The molecule has 0 bridgehead atoms. The molecule has 3 aromatic heterocycles. The van der Waals surface area contributed by atoms with Gasteiger partial charge in [0.15, 0.2) is 5.76 Å². The second-order valence-electron chi connectivity index (χ2n) is 5.27. The SMILES string of the molecule is COc1cccc(N=c2scc(-c3ccco3)n2N=Cc2ccco2)c1. The van der Waals surface area contributed by atoms with Crippen LogP contribution in [0.5, 0.6) is 5.75 Å². The maximum absolute atomic E-state index is 5.52. The molecule has 0 fully saturated rings. The highest BCUT2D eigenvalue weighted by Gasteiger charge is 2.10. The van der Waals surface area contributed by atoms with Crippen molar-refractivity contribution in [2.24, 2.45) is 10.1 Å². The monoisotopic (exact) mass is 365 g/mol. The Hall–Kier alpha value is -3.32. The van der Waals surface area contributed by atoms with Crippen molar-refractivity contribution in [3.8, 4) is 17.2 Å². The van der Waals surface area contributed by atoms with E-state index in [4.69, 9.17) is 18.6 Å². The van der Waals surface area contributed by atoms with E-state index >= 15 is 0 Å². The Morgan fingerprint density at radius 2 is 1.96 bits per heavy atom. The molecule has 1 aromatic carbocycles. The van der Waals surface area contributed by atoms with E-state index in [1.807, 2.05) is 53.9 Å². The van der Waals surface area contributed by atoms with Crippen LogP contribution in [0.25, 0.3) is 11.5 Å². The van der Waals surface area contributed by atoms with Gasteiger partial charge in [0.1, 0.15) is 17.2 Å². The highest BCUT2D eigenvalue weighted by Crippen LogP contribution is 2.22. The molecule has 0 unspecified atom stereocenters. The molecule has 0 radical (unpaired) electrons. The van der Waals surface area contributed by atoms with Crippen molar-refractivity contribution in [3.63, 3.8) is 0 Å². The second kappa shape index (κ2) is 7.28. The Morgan fingerprint density at radius 1 is 1.08 bits per heavy atom. The zero-order valence-electron chi connectivity index (χ0n) is 13.9. The van der Waals surface area contributed by atoms with E-state index in [0.29, 0.717) is 16.3 Å². The number of ether oxygens (including phenoxy) is 1. The zero-order chi connectivity index (χ0) is 17.8. The van der Waals surface area contributed by atoms with Crippen LogP contribution in [0.1, 0.15) is 5.76 Å². The first-order valence-electron chi connectivity index (χ1n) is 7.84. The van der Waals surface area contributed by atoms with Crippen LogP contribution in [0, 0.1) is 0 Å². The van der Waals surface area contributed by atoms with Gasteiger partial charge in [-0.2, -0.15) is 5.10 Å². The van der Waals surface area contributed by atoms with Crippen molar-refractivity contribution >= 4 is 23.2 Å². The van der Waals surface area contributed by atoms with Gasteiger partial charge in [-0.05, 0) is 36.4 Å². The number of thiazole rings is 1. The molecule has 4 aromatic rings. The van der Waals surface area contributed by atoms with Crippen LogP contribution < -0.4 is 9.54 Å². The summed E-state index contributed by atoms with van der Waals surface area (Å²) in [5.74, 6) is 2.12. The fourth-order valence-corrected chi connectivity index (χ4v) is 3.19. The van der Waals surface area contributed by atoms with Gasteiger partial charge in [-0.3, -0.25) is 0 Å². The molecule has 4 rings (SSSR count). The number of furan rings is 2. The highest BCUT2D eigenvalue weighted by molar-refractivity contribution is 7.07. The summed E-state index contributed by atoms with van der Waals surface area (Å²) in [4.78, 5) is 5.40. The summed E-state index contributed by atoms with van der Waals surface area (Å²) < 4.78 is 17.8. The lowest BCUT2D eigenvalue weighted by Crippen LogP contribution is -2.11. The molecule has 0 spiro atoms. The van der Waals surface area contributed by atoms with Crippen LogP contribution >= 0.6 is 11.3 Å². The summed E-state index contributed by atoms with van der Waals surface area (Å²) in [5.41, 5.74) is 1.59. The van der Waals surface area contributed by atoms with Crippen molar-refractivity contribution in [1.29, 1.82) is 0 Å². The van der Waals surface area contributed by atoms with E-state index in [9.17, 15) is 0 Å². The summed E-state index contributed by atoms with van der Waals surface area (Å²) in [6.45, 7) is 0. The predicted molar refractivity (Wildman–Crippen MR) is 99.9 cm³/mol. The van der Waals surface area contributed by atoms with Gasteiger partial charge in [-0.15, -0.1) is 11.3 Å². The quantitative estimate of drug-likeness (QED) is 0.488. The van der Waals surface area contributed by atoms with Gasteiger partial charge in [0, 0.05) is 11.4 Å². The zero-order valence-corrected chi connectivity index (χ0v) is 14.7. The summed E-state index contributed by atoms with van der Waals surface area (Å²) in [5, 5.41) is 6.48. The third-order valence-corrected chi connectivity index (χ3v) is 4.40. The topological polar surface area (TPSA) is 65.2 Å². The first-order chi connectivity index (χ1) is 12.8. The smallest absolute Gasteiger partial charge is 0.211 e. The fourth-order valence-electron chi connectivity index (χ4n) is 2.35. The first-order valence-corrected chi connectivity index (χ1v) is 8.72. The van der Waals surface area contributed by atoms with Gasteiger partial charge >= 0.3 is 0 Å². The summed E-state index contributed by atoms with van der Waals surface area (Å²) in [6.07, 6.45) is 4.88. The first kappa shape index (κ1) is 16.2. The molecule has 0 aliphatic carbocycles. The van der Waals surface area contributed by atoms with Crippen molar-refractivity contribution in [3.05, 3.63) is 77.0 Å². The lowest BCUT2D eigenvalue weighted by molar-refractivity contribution is 0.415. The van der Waals surface area contributed by atoms with Crippen LogP contribution in [0.2, 0.25) is 0 Å². The molecule has 130 valence electrons. The third-order valence-electron chi connectivity index (χ3n) is 3.58. The number of benzene rings is 1. The number of rotatable bonds is 5. The van der Waals surface area contributed by atoms with E-state index in [0.717, 1.165) is 17.1 Å². The molecule has 0 aliphatic heterocycles. The molecule has 0 atom stereocenters. The fraction of sp³-hybridized carbons (Fsp3) is 0.0526. The summed E-state index contributed by atoms with van der Waals surface area (Å²) in [6, 6.07) is 14.9. The molecule has 0 amide bonds. The van der Waals surface area contributed by atoms with Crippen LogP contribution in [0.4, 0.5) is 5.69 Å². The standard InChI is InChI=1S/C19H15N3O3S/c1-23-15-6-2-5-14(11-15)21-19-22(20-12-16-7-3-9-24-16)17(13-26-19)18-8-4-10-25-18/h2-13H,1H3. The molecule has 0 N–H and O–H groups in total. The molecule has 0 aliphatic rings. The van der Waals surface area contributed by atoms with Gasteiger partial charge in [0.25, 0.3) is 0 Å². The van der Waals surface area contributed by atoms with Gasteiger partial charge in [0.05, 0.1) is 31.5 Å². The number of methoxy groups -OCH3 is 1. The summed E-state index contributed by atoms with van der Waals surface area (Å²) in [7, 11) is 1.63. The second-order valence-corrected chi connectivity index (χ2v) is 6.10. The van der Waals surface area contributed by atoms with Crippen molar-refractivity contribution in [2.45, 2.75) is 0 Å². The Bertz CT molecular complexity index is 1070. The largest absolute Gasteiger partial charge is 0.497 e. The van der Waals surface area contributed by atoms with Crippen molar-refractivity contribution in [1.82, 2.24) is 4.68 Å².